The van der Waals surface area contributed by atoms with Gasteiger partial charge in [-0.05, 0) is 36.9 Å². The first-order valence-electron chi connectivity index (χ1n) is 7.27. The number of alkyl halides is 3. The summed E-state index contributed by atoms with van der Waals surface area (Å²) in [6.07, 6.45) is -3.18. The fraction of sp³-hybridized carbons (Fsp3) is 0.571. The molecule has 1 aromatic carbocycles. The smallest absolute Gasteiger partial charge is 0.406 e. The summed E-state index contributed by atoms with van der Waals surface area (Å²) < 4.78 is 67.3. The first-order chi connectivity index (χ1) is 10.7. The lowest BCUT2D eigenvalue weighted by atomic mass is 9.87. The molecule has 1 N–H and O–H groups in total. The van der Waals surface area contributed by atoms with E-state index in [4.69, 9.17) is 0 Å². The largest absolute Gasteiger partial charge is 0.573 e. The molecule has 2 aliphatic rings. The Kier molecular flexibility index (Phi) is 4.06. The van der Waals surface area contributed by atoms with E-state index in [-0.39, 0.29) is 10.3 Å². The monoisotopic (exact) mass is 350 g/mol. The lowest BCUT2D eigenvalue weighted by Crippen LogP contribution is -2.33. The highest BCUT2D eigenvalue weighted by molar-refractivity contribution is 7.89. The second kappa shape index (κ2) is 5.64. The summed E-state index contributed by atoms with van der Waals surface area (Å²) in [7, 11) is -3.82. The van der Waals surface area contributed by atoms with Crippen LogP contribution in [-0.4, -0.2) is 45.3 Å². The van der Waals surface area contributed by atoms with Gasteiger partial charge in [-0.2, -0.15) is 4.31 Å². The highest BCUT2D eigenvalue weighted by Gasteiger charge is 2.44. The van der Waals surface area contributed by atoms with E-state index in [9.17, 15) is 21.6 Å². The predicted molar refractivity (Wildman–Crippen MR) is 76.4 cm³/mol. The molecule has 5 nitrogen and oxygen atoms in total. The van der Waals surface area contributed by atoms with Gasteiger partial charge in [0.05, 0.1) is 4.90 Å². The van der Waals surface area contributed by atoms with Crippen molar-refractivity contribution in [2.24, 2.45) is 5.41 Å². The van der Waals surface area contributed by atoms with Crippen molar-refractivity contribution in [2.75, 3.05) is 26.2 Å². The highest BCUT2D eigenvalue weighted by atomic mass is 32.2. The summed E-state index contributed by atoms with van der Waals surface area (Å²) in [5, 5.41) is 3.24. The van der Waals surface area contributed by atoms with Crippen LogP contribution in [0.4, 0.5) is 13.2 Å². The van der Waals surface area contributed by atoms with Crippen LogP contribution >= 0.6 is 0 Å². The highest BCUT2D eigenvalue weighted by Crippen LogP contribution is 2.38. The molecule has 0 aliphatic carbocycles. The summed E-state index contributed by atoms with van der Waals surface area (Å²) in [5.41, 5.74) is -0.0485. The summed E-state index contributed by atoms with van der Waals surface area (Å²) in [5.74, 6) is -0.532. The topological polar surface area (TPSA) is 58.6 Å². The van der Waals surface area contributed by atoms with Gasteiger partial charge in [0.1, 0.15) is 5.75 Å². The number of ether oxygens (including phenoxy) is 1. The zero-order chi connectivity index (χ0) is 16.7. The molecule has 9 heteroatoms. The molecule has 1 spiro atoms. The van der Waals surface area contributed by atoms with Crippen molar-refractivity contribution < 1.29 is 26.3 Å². The van der Waals surface area contributed by atoms with Gasteiger partial charge in [0, 0.05) is 25.7 Å². The molecule has 3 rings (SSSR count). The van der Waals surface area contributed by atoms with E-state index in [1.807, 2.05) is 0 Å². The van der Waals surface area contributed by atoms with Gasteiger partial charge >= 0.3 is 6.36 Å². The first-order valence-corrected chi connectivity index (χ1v) is 8.71. The lowest BCUT2D eigenvalue weighted by molar-refractivity contribution is -0.274. The molecule has 2 heterocycles. The number of hydrogen-bond donors (Lipinski definition) is 1. The van der Waals surface area contributed by atoms with Crippen molar-refractivity contribution in [1.82, 2.24) is 9.62 Å². The van der Waals surface area contributed by atoms with E-state index in [2.05, 4.69) is 10.1 Å². The molecule has 1 aromatic rings. The lowest BCUT2D eigenvalue weighted by Gasteiger charge is -2.22. The standard InChI is InChI=1S/C14H17F3N2O3S/c15-14(16,17)22-11-2-1-3-12(8-11)23(20,21)19-7-5-13(10-19)4-6-18-9-13/h1-3,8,18H,4-7,9-10H2. The third kappa shape index (κ3) is 3.46. The quantitative estimate of drug-likeness (QED) is 0.905. The third-order valence-corrected chi connectivity index (χ3v) is 6.25. The third-order valence-electron chi connectivity index (χ3n) is 4.41. The van der Waals surface area contributed by atoms with E-state index < -0.39 is 22.1 Å². The molecular formula is C14H17F3N2O3S. The number of rotatable bonds is 3. The minimum absolute atomic E-state index is 0.0485. The van der Waals surface area contributed by atoms with Crippen molar-refractivity contribution >= 4 is 10.0 Å². The van der Waals surface area contributed by atoms with Crippen molar-refractivity contribution in [3.63, 3.8) is 0 Å². The van der Waals surface area contributed by atoms with Crippen molar-refractivity contribution in [2.45, 2.75) is 24.1 Å². The van der Waals surface area contributed by atoms with Crippen LogP contribution in [0.3, 0.4) is 0 Å². The Balaban J connectivity index is 1.81. The number of hydrogen-bond acceptors (Lipinski definition) is 4. The van der Waals surface area contributed by atoms with Gasteiger partial charge in [-0.15, -0.1) is 13.2 Å². The van der Waals surface area contributed by atoms with E-state index >= 15 is 0 Å². The second-order valence-electron chi connectivity index (χ2n) is 6.04. The zero-order valence-corrected chi connectivity index (χ0v) is 13.1. The summed E-state index contributed by atoms with van der Waals surface area (Å²) >= 11 is 0. The van der Waals surface area contributed by atoms with Gasteiger partial charge in [0.15, 0.2) is 0 Å². The van der Waals surface area contributed by atoms with Crippen LogP contribution in [0.1, 0.15) is 12.8 Å². The molecule has 1 unspecified atom stereocenters. The van der Waals surface area contributed by atoms with E-state index in [0.29, 0.717) is 13.1 Å². The van der Waals surface area contributed by atoms with E-state index in [1.54, 1.807) is 0 Å². The Bertz CT molecular complexity index is 685. The molecule has 2 aliphatic heterocycles. The van der Waals surface area contributed by atoms with Gasteiger partial charge < -0.3 is 10.1 Å². The molecule has 0 aromatic heterocycles. The summed E-state index contributed by atoms with van der Waals surface area (Å²) in [4.78, 5) is -0.178. The second-order valence-corrected chi connectivity index (χ2v) is 7.98. The van der Waals surface area contributed by atoms with Crippen LogP contribution < -0.4 is 10.1 Å². The van der Waals surface area contributed by atoms with Crippen LogP contribution in [0.25, 0.3) is 0 Å². The SMILES string of the molecule is O=S(=O)(c1cccc(OC(F)(F)F)c1)N1CCC2(CCNC2)C1. The number of halogens is 3. The molecular weight excluding hydrogens is 333 g/mol. The molecule has 1 atom stereocenters. The van der Waals surface area contributed by atoms with Gasteiger partial charge in [0.25, 0.3) is 0 Å². The predicted octanol–water partition coefficient (Wildman–Crippen LogP) is 1.96. The Morgan fingerprint density at radius 1 is 1.26 bits per heavy atom. The molecule has 0 saturated carbocycles. The Morgan fingerprint density at radius 2 is 2.04 bits per heavy atom. The molecule has 128 valence electrons. The van der Waals surface area contributed by atoms with Crippen molar-refractivity contribution in [3.8, 4) is 5.75 Å². The average molecular weight is 350 g/mol. The van der Waals surface area contributed by atoms with Crippen LogP contribution in [0.2, 0.25) is 0 Å². The minimum atomic E-state index is -4.85. The van der Waals surface area contributed by atoms with Crippen molar-refractivity contribution in [1.29, 1.82) is 0 Å². The minimum Gasteiger partial charge on any atom is -0.406 e. The van der Waals surface area contributed by atoms with Crippen LogP contribution in [0.15, 0.2) is 29.2 Å². The Labute approximate surface area is 132 Å². The van der Waals surface area contributed by atoms with Gasteiger partial charge in [-0.25, -0.2) is 8.42 Å². The number of benzene rings is 1. The first kappa shape index (κ1) is 16.5. The zero-order valence-electron chi connectivity index (χ0n) is 12.3. The summed E-state index contributed by atoms with van der Waals surface area (Å²) in [6, 6.07) is 4.53. The molecule has 2 fully saturated rings. The molecule has 0 amide bonds. The number of nitrogens with zero attached hydrogens (tertiary/aromatic N) is 1. The Morgan fingerprint density at radius 3 is 2.70 bits per heavy atom. The van der Waals surface area contributed by atoms with Crippen LogP contribution in [0, 0.1) is 5.41 Å². The van der Waals surface area contributed by atoms with E-state index in [1.165, 1.54) is 16.4 Å². The maximum Gasteiger partial charge on any atom is 0.573 e. The van der Waals surface area contributed by atoms with Gasteiger partial charge in [-0.1, -0.05) is 6.07 Å². The van der Waals surface area contributed by atoms with Crippen LogP contribution in [0.5, 0.6) is 5.75 Å². The van der Waals surface area contributed by atoms with Gasteiger partial charge in [0.2, 0.25) is 10.0 Å². The van der Waals surface area contributed by atoms with Gasteiger partial charge in [-0.3, -0.25) is 0 Å². The normalized spacial score (nSPS) is 26.0. The molecule has 0 radical (unpaired) electrons. The van der Waals surface area contributed by atoms with E-state index in [0.717, 1.165) is 38.1 Å². The number of sulfonamides is 1. The molecule has 23 heavy (non-hydrogen) atoms. The fourth-order valence-electron chi connectivity index (χ4n) is 3.22. The Hall–Kier alpha value is -1.32. The number of nitrogens with one attached hydrogen (secondary N) is 1. The van der Waals surface area contributed by atoms with Crippen molar-refractivity contribution in [3.05, 3.63) is 24.3 Å². The maximum absolute atomic E-state index is 12.7. The average Bonchev–Trinajstić information content (AvgIpc) is 3.08. The molecule has 0 bridgehead atoms. The molecule has 2 saturated heterocycles. The summed E-state index contributed by atoms with van der Waals surface area (Å²) in [6.45, 7) is 2.42. The fourth-order valence-corrected chi connectivity index (χ4v) is 4.81. The maximum atomic E-state index is 12.7. The van der Waals surface area contributed by atoms with Crippen LogP contribution in [-0.2, 0) is 10.0 Å².